The summed E-state index contributed by atoms with van der Waals surface area (Å²) >= 11 is 0. The number of anilines is 1. The molecule has 0 unspecified atom stereocenters. The fourth-order valence-corrected chi connectivity index (χ4v) is 2.34. The highest BCUT2D eigenvalue weighted by molar-refractivity contribution is 5.92. The number of carbonyl (C=O) groups is 2. The molecule has 1 amide bonds. The zero-order valence-electron chi connectivity index (χ0n) is 14.7. The van der Waals surface area contributed by atoms with E-state index in [0.717, 1.165) is 16.7 Å². The van der Waals surface area contributed by atoms with Gasteiger partial charge >= 0.3 is 5.97 Å². The van der Waals surface area contributed by atoms with Gasteiger partial charge in [-0.25, -0.2) is 4.79 Å². The van der Waals surface area contributed by atoms with E-state index in [9.17, 15) is 9.59 Å². The highest BCUT2D eigenvalue weighted by Gasteiger charge is 2.09. The van der Waals surface area contributed by atoms with Crippen LogP contribution in [0.5, 0.6) is 5.75 Å². The van der Waals surface area contributed by atoms with Crippen LogP contribution in [0.4, 0.5) is 5.69 Å². The summed E-state index contributed by atoms with van der Waals surface area (Å²) in [7, 11) is 0. The van der Waals surface area contributed by atoms with Crippen molar-refractivity contribution in [3.05, 3.63) is 59.2 Å². The molecule has 0 spiro atoms. The summed E-state index contributed by atoms with van der Waals surface area (Å²) in [6.45, 7) is 3.22. The number of benzene rings is 2. The standard InChI is InChI=1S/C20H20N2O4/c1-14-9-15(2)11-18(10-14)25-13-20(24)26-12-19(23)22-17-5-3-16(4-6-17)7-8-21/h3-6,9-11H,7,12-13H2,1-2H3,(H,22,23). The van der Waals surface area contributed by atoms with E-state index in [4.69, 9.17) is 14.7 Å². The van der Waals surface area contributed by atoms with E-state index in [1.165, 1.54) is 0 Å². The molecule has 1 N–H and O–H groups in total. The molecular weight excluding hydrogens is 332 g/mol. The molecule has 0 heterocycles. The first-order chi connectivity index (χ1) is 12.5. The van der Waals surface area contributed by atoms with Crippen LogP contribution in [-0.2, 0) is 20.7 Å². The van der Waals surface area contributed by atoms with Crippen molar-refractivity contribution >= 4 is 17.6 Å². The number of ether oxygens (including phenoxy) is 2. The van der Waals surface area contributed by atoms with Gasteiger partial charge in [-0.15, -0.1) is 0 Å². The Morgan fingerprint density at radius 3 is 2.31 bits per heavy atom. The quantitative estimate of drug-likeness (QED) is 0.774. The van der Waals surface area contributed by atoms with E-state index >= 15 is 0 Å². The monoisotopic (exact) mass is 352 g/mol. The SMILES string of the molecule is Cc1cc(C)cc(OCC(=O)OCC(=O)Nc2ccc(CC#N)cc2)c1. The van der Waals surface area contributed by atoms with E-state index < -0.39 is 18.5 Å². The van der Waals surface area contributed by atoms with Crippen LogP contribution in [0.3, 0.4) is 0 Å². The van der Waals surface area contributed by atoms with Gasteiger partial charge in [0.2, 0.25) is 0 Å². The number of esters is 1. The Hall–Kier alpha value is -3.33. The Morgan fingerprint density at radius 2 is 1.69 bits per heavy atom. The Balaban J connectivity index is 1.74. The molecule has 0 aliphatic heterocycles. The second-order valence-electron chi connectivity index (χ2n) is 5.85. The minimum absolute atomic E-state index is 0.265. The molecular formula is C20H20N2O4. The van der Waals surface area contributed by atoms with Gasteiger partial charge in [-0.05, 0) is 54.8 Å². The van der Waals surface area contributed by atoms with Gasteiger partial charge in [0.05, 0.1) is 12.5 Å². The van der Waals surface area contributed by atoms with E-state index in [-0.39, 0.29) is 6.61 Å². The van der Waals surface area contributed by atoms with Crippen molar-refractivity contribution < 1.29 is 19.1 Å². The number of carbonyl (C=O) groups excluding carboxylic acids is 2. The Labute approximate surface area is 152 Å². The lowest BCUT2D eigenvalue weighted by Crippen LogP contribution is -2.23. The van der Waals surface area contributed by atoms with E-state index in [0.29, 0.717) is 17.9 Å². The second kappa shape index (κ2) is 9.23. The van der Waals surface area contributed by atoms with Gasteiger partial charge in [-0.3, -0.25) is 4.79 Å². The molecule has 0 atom stereocenters. The lowest BCUT2D eigenvalue weighted by atomic mass is 10.1. The first kappa shape index (κ1) is 19.0. The smallest absolute Gasteiger partial charge is 0.344 e. The Morgan fingerprint density at radius 1 is 1.04 bits per heavy atom. The van der Waals surface area contributed by atoms with Crippen molar-refractivity contribution in [2.45, 2.75) is 20.3 Å². The minimum Gasteiger partial charge on any atom is -0.482 e. The van der Waals surface area contributed by atoms with Gasteiger partial charge in [0.1, 0.15) is 5.75 Å². The third kappa shape index (κ3) is 6.29. The van der Waals surface area contributed by atoms with Crippen molar-refractivity contribution in [2.24, 2.45) is 0 Å². The third-order valence-electron chi connectivity index (χ3n) is 3.44. The van der Waals surface area contributed by atoms with Crippen molar-refractivity contribution in [3.8, 4) is 11.8 Å². The summed E-state index contributed by atoms with van der Waals surface area (Å²) in [5.74, 6) is -0.483. The van der Waals surface area contributed by atoms with Gasteiger partial charge in [0.25, 0.3) is 5.91 Å². The summed E-state index contributed by atoms with van der Waals surface area (Å²) in [5, 5.41) is 11.2. The molecule has 6 heteroatoms. The van der Waals surface area contributed by atoms with Crippen LogP contribution in [0, 0.1) is 25.2 Å². The lowest BCUT2D eigenvalue weighted by Gasteiger charge is -2.09. The molecule has 0 aliphatic carbocycles. The van der Waals surface area contributed by atoms with Crippen LogP contribution in [-0.4, -0.2) is 25.1 Å². The van der Waals surface area contributed by atoms with E-state index in [1.807, 2.05) is 32.0 Å². The Kier molecular flexibility index (Phi) is 6.75. The number of amides is 1. The molecule has 134 valence electrons. The minimum atomic E-state index is -0.622. The number of hydrogen-bond donors (Lipinski definition) is 1. The number of nitrogens with zero attached hydrogens (tertiary/aromatic N) is 1. The van der Waals surface area contributed by atoms with Gasteiger partial charge in [0.15, 0.2) is 13.2 Å². The topological polar surface area (TPSA) is 88.4 Å². The second-order valence-corrected chi connectivity index (χ2v) is 5.85. The van der Waals surface area contributed by atoms with Gasteiger partial charge in [-0.2, -0.15) is 5.26 Å². The molecule has 0 radical (unpaired) electrons. The lowest BCUT2D eigenvalue weighted by molar-refractivity contribution is -0.149. The highest BCUT2D eigenvalue weighted by Crippen LogP contribution is 2.16. The van der Waals surface area contributed by atoms with Crippen molar-refractivity contribution in [1.82, 2.24) is 0 Å². The average molecular weight is 352 g/mol. The fourth-order valence-electron chi connectivity index (χ4n) is 2.34. The molecule has 0 bridgehead atoms. The number of rotatable bonds is 7. The summed E-state index contributed by atoms with van der Waals surface area (Å²) < 4.78 is 10.3. The zero-order chi connectivity index (χ0) is 18.9. The van der Waals surface area contributed by atoms with Crippen molar-refractivity contribution in [3.63, 3.8) is 0 Å². The summed E-state index contributed by atoms with van der Waals surface area (Å²) in [6.07, 6.45) is 0.312. The highest BCUT2D eigenvalue weighted by atomic mass is 16.6. The van der Waals surface area contributed by atoms with E-state index in [2.05, 4.69) is 11.4 Å². The Bertz CT molecular complexity index is 802. The molecule has 2 rings (SSSR count). The van der Waals surface area contributed by atoms with E-state index in [1.54, 1.807) is 24.3 Å². The maximum atomic E-state index is 11.8. The molecule has 0 aliphatic rings. The molecule has 0 aromatic heterocycles. The average Bonchev–Trinajstić information content (AvgIpc) is 2.59. The van der Waals surface area contributed by atoms with Gasteiger partial charge < -0.3 is 14.8 Å². The molecule has 0 saturated carbocycles. The van der Waals surface area contributed by atoms with Crippen LogP contribution < -0.4 is 10.1 Å². The molecule has 2 aromatic rings. The van der Waals surface area contributed by atoms with Gasteiger partial charge in [0, 0.05) is 5.69 Å². The fraction of sp³-hybridized carbons (Fsp3) is 0.250. The molecule has 0 fully saturated rings. The van der Waals surface area contributed by atoms with Crippen molar-refractivity contribution in [1.29, 1.82) is 5.26 Å². The predicted molar refractivity (Wildman–Crippen MR) is 96.8 cm³/mol. The van der Waals surface area contributed by atoms with Crippen LogP contribution in [0.25, 0.3) is 0 Å². The van der Waals surface area contributed by atoms with Crippen LogP contribution >= 0.6 is 0 Å². The maximum Gasteiger partial charge on any atom is 0.344 e. The number of hydrogen-bond acceptors (Lipinski definition) is 5. The molecule has 6 nitrogen and oxygen atoms in total. The predicted octanol–water partition coefficient (Wildman–Crippen LogP) is 2.93. The van der Waals surface area contributed by atoms with Crippen LogP contribution in [0.15, 0.2) is 42.5 Å². The number of nitriles is 1. The molecule has 0 saturated heterocycles. The van der Waals surface area contributed by atoms with Gasteiger partial charge in [-0.1, -0.05) is 18.2 Å². The largest absolute Gasteiger partial charge is 0.482 e. The first-order valence-corrected chi connectivity index (χ1v) is 8.09. The molecule has 2 aromatic carbocycles. The third-order valence-corrected chi connectivity index (χ3v) is 3.44. The van der Waals surface area contributed by atoms with Crippen molar-refractivity contribution in [2.75, 3.05) is 18.5 Å². The van der Waals surface area contributed by atoms with Crippen LogP contribution in [0.1, 0.15) is 16.7 Å². The number of nitrogens with one attached hydrogen (secondary N) is 1. The molecule has 26 heavy (non-hydrogen) atoms. The summed E-state index contributed by atoms with van der Waals surface area (Å²) in [5.41, 5.74) is 3.50. The normalized spacial score (nSPS) is 9.88. The summed E-state index contributed by atoms with van der Waals surface area (Å²) in [4.78, 5) is 23.5. The number of aryl methyl sites for hydroxylation is 2. The maximum absolute atomic E-state index is 11.8. The summed E-state index contributed by atoms with van der Waals surface area (Å²) in [6, 6.07) is 14.6. The van der Waals surface area contributed by atoms with Crippen LogP contribution in [0.2, 0.25) is 0 Å². The first-order valence-electron chi connectivity index (χ1n) is 8.09. The zero-order valence-corrected chi connectivity index (χ0v) is 14.7.